The summed E-state index contributed by atoms with van der Waals surface area (Å²) in [4.78, 5) is 28.5. The zero-order chi connectivity index (χ0) is 19.6. The van der Waals surface area contributed by atoms with E-state index in [2.05, 4.69) is 4.99 Å². The monoisotopic (exact) mass is 385 g/mol. The molecule has 0 atom stereocenters. The number of amides is 1. The van der Waals surface area contributed by atoms with Crippen molar-refractivity contribution < 1.29 is 14.1 Å². The highest BCUT2D eigenvalue weighted by atomic mass is 32.1. The van der Waals surface area contributed by atoms with Crippen molar-refractivity contribution in [1.82, 2.24) is 4.57 Å². The summed E-state index contributed by atoms with van der Waals surface area (Å²) in [7, 11) is 0. The number of aryl methyl sites for hydroxylation is 1. The molecule has 0 spiro atoms. The van der Waals surface area contributed by atoms with E-state index in [9.17, 15) is 19.3 Å². The van der Waals surface area contributed by atoms with Crippen LogP contribution in [0, 0.1) is 22.9 Å². The maximum atomic E-state index is 13.2. The molecule has 8 heteroatoms. The van der Waals surface area contributed by atoms with E-state index >= 15 is 0 Å². The molecule has 0 radical (unpaired) electrons. The minimum Gasteiger partial charge on any atom is -0.316 e. The fraction of sp³-hybridized carbons (Fsp3) is 0.158. The van der Waals surface area contributed by atoms with Crippen LogP contribution < -0.4 is 4.80 Å². The van der Waals surface area contributed by atoms with Gasteiger partial charge in [0, 0.05) is 29.1 Å². The number of hydrogen-bond donors (Lipinski definition) is 0. The molecule has 2 aromatic carbocycles. The van der Waals surface area contributed by atoms with Gasteiger partial charge in [-0.2, -0.15) is 4.99 Å². The fourth-order valence-electron chi connectivity index (χ4n) is 2.77. The molecule has 138 valence electrons. The summed E-state index contributed by atoms with van der Waals surface area (Å²) < 4.78 is 15.1. The second kappa shape index (κ2) is 7.63. The van der Waals surface area contributed by atoms with Crippen LogP contribution in [-0.4, -0.2) is 15.4 Å². The van der Waals surface area contributed by atoms with Crippen LogP contribution in [0.3, 0.4) is 0 Å². The molecule has 6 nitrogen and oxygen atoms in total. The average Bonchev–Trinajstić information content (AvgIpc) is 2.97. The lowest BCUT2D eigenvalue weighted by atomic mass is 10.1. The Morgan fingerprint density at radius 1 is 1.26 bits per heavy atom. The van der Waals surface area contributed by atoms with Gasteiger partial charge in [-0.15, -0.1) is 11.3 Å². The van der Waals surface area contributed by atoms with Crippen molar-refractivity contribution in [1.29, 1.82) is 0 Å². The van der Waals surface area contributed by atoms with Crippen LogP contribution in [0.1, 0.15) is 22.2 Å². The number of carbonyl (C=O) groups excluding carboxylic acids is 1. The summed E-state index contributed by atoms with van der Waals surface area (Å²) in [6, 6.07) is 11.6. The fourth-order valence-corrected chi connectivity index (χ4v) is 3.83. The van der Waals surface area contributed by atoms with Crippen molar-refractivity contribution in [2.75, 3.05) is 0 Å². The maximum Gasteiger partial charge on any atom is 0.279 e. The van der Waals surface area contributed by atoms with Crippen LogP contribution in [0.4, 0.5) is 10.1 Å². The number of hydrogen-bond acceptors (Lipinski definition) is 4. The number of nitro benzene ring substituents is 1. The summed E-state index contributed by atoms with van der Waals surface area (Å²) in [6.07, 6.45) is 0. The Morgan fingerprint density at radius 2 is 1.96 bits per heavy atom. The predicted octanol–water partition coefficient (Wildman–Crippen LogP) is 4.33. The van der Waals surface area contributed by atoms with Gasteiger partial charge in [-0.05, 0) is 49.7 Å². The first-order chi connectivity index (χ1) is 12.9. The number of nitrogens with zero attached hydrogens (tertiary/aromatic N) is 3. The molecule has 1 amide bonds. The Bertz CT molecular complexity index is 1080. The van der Waals surface area contributed by atoms with Gasteiger partial charge < -0.3 is 4.57 Å². The molecule has 0 saturated carbocycles. The molecule has 0 aliphatic heterocycles. The first kappa shape index (κ1) is 18.7. The van der Waals surface area contributed by atoms with E-state index in [1.807, 2.05) is 18.4 Å². The van der Waals surface area contributed by atoms with Gasteiger partial charge in [0.15, 0.2) is 4.80 Å². The van der Waals surface area contributed by atoms with Gasteiger partial charge in [0.2, 0.25) is 0 Å². The van der Waals surface area contributed by atoms with Crippen molar-refractivity contribution in [3.8, 4) is 11.3 Å². The molecule has 3 aromatic rings. The van der Waals surface area contributed by atoms with Crippen LogP contribution >= 0.6 is 11.3 Å². The van der Waals surface area contributed by atoms with E-state index in [-0.39, 0.29) is 17.1 Å². The molecular weight excluding hydrogens is 369 g/mol. The Balaban J connectivity index is 2.08. The largest absolute Gasteiger partial charge is 0.316 e. The van der Waals surface area contributed by atoms with Crippen molar-refractivity contribution in [3.05, 3.63) is 79.7 Å². The topological polar surface area (TPSA) is 77.5 Å². The van der Waals surface area contributed by atoms with Gasteiger partial charge in [0.1, 0.15) is 5.82 Å². The summed E-state index contributed by atoms with van der Waals surface area (Å²) in [5.74, 6) is -0.867. The zero-order valence-corrected chi connectivity index (χ0v) is 15.5. The molecule has 0 fully saturated rings. The lowest BCUT2D eigenvalue weighted by Gasteiger charge is -2.07. The van der Waals surface area contributed by atoms with E-state index in [0.717, 1.165) is 16.1 Å². The second-order valence-corrected chi connectivity index (χ2v) is 6.95. The zero-order valence-electron chi connectivity index (χ0n) is 14.7. The third kappa shape index (κ3) is 3.85. The van der Waals surface area contributed by atoms with Gasteiger partial charge in [-0.1, -0.05) is 6.07 Å². The number of benzene rings is 2. The lowest BCUT2D eigenvalue weighted by Crippen LogP contribution is -2.17. The lowest BCUT2D eigenvalue weighted by molar-refractivity contribution is -0.384. The van der Waals surface area contributed by atoms with E-state index in [1.54, 1.807) is 12.1 Å². The van der Waals surface area contributed by atoms with Crippen molar-refractivity contribution in [2.24, 2.45) is 4.99 Å². The Kier molecular flexibility index (Phi) is 5.27. The Labute approximate surface area is 158 Å². The number of aromatic nitrogens is 1. The summed E-state index contributed by atoms with van der Waals surface area (Å²) in [6.45, 7) is 4.40. The SMILES string of the molecule is CCn1c(-c2ccc(F)cc2)c(C)sc1=NC(=O)c1cccc([N+](=O)[O-])c1. The number of nitro groups is 1. The molecule has 1 heterocycles. The smallest absolute Gasteiger partial charge is 0.279 e. The summed E-state index contributed by atoms with van der Waals surface area (Å²) in [5.41, 5.74) is 1.69. The van der Waals surface area contributed by atoms with Crippen molar-refractivity contribution in [2.45, 2.75) is 20.4 Å². The predicted molar refractivity (Wildman–Crippen MR) is 101 cm³/mol. The molecule has 3 rings (SSSR count). The van der Waals surface area contributed by atoms with Crippen LogP contribution in [0.5, 0.6) is 0 Å². The highest BCUT2D eigenvalue weighted by molar-refractivity contribution is 7.09. The maximum absolute atomic E-state index is 13.2. The minimum atomic E-state index is -0.551. The van der Waals surface area contributed by atoms with Crippen LogP contribution in [0.2, 0.25) is 0 Å². The number of rotatable bonds is 4. The Morgan fingerprint density at radius 3 is 2.59 bits per heavy atom. The first-order valence-corrected chi connectivity index (χ1v) is 9.02. The molecule has 27 heavy (non-hydrogen) atoms. The highest BCUT2D eigenvalue weighted by Gasteiger charge is 2.15. The second-order valence-electron chi connectivity index (χ2n) is 5.76. The van der Waals surface area contributed by atoms with E-state index in [1.165, 1.54) is 47.7 Å². The van der Waals surface area contributed by atoms with Gasteiger partial charge in [-0.25, -0.2) is 4.39 Å². The van der Waals surface area contributed by atoms with Crippen LogP contribution in [0.15, 0.2) is 53.5 Å². The van der Waals surface area contributed by atoms with E-state index in [4.69, 9.17) is 0 Å². The normalized spacial score (nSPS) is 11.6. The van der Waals surface area contributed by atoms with Gasteiger partial charge >= 0.3 is 0 Å². The van der Waals surface area contributed by atoms with Crippen LogP contribution in [0.25, 0.3) is 11.3 Å². The van der Waals surface area contributed by atoms with Gasteiger partial charge in [-0.3, -0.25) is 14.9 Å². The van der Waals surface area contributed by atoms with Gasteiger partial charge in [0.05, 0.1) is 10.6 Å². The highest BCUT2D eigenvalue weighted by Crippen LogP contribution is 2.25. The third-order valence-electron chi connectivity index (χ3n) is 4.01. The molecule has 0 bridgehead atoms. The van der Waals surface area contributed by atoms with Crippen molar-refractivity contribution >= 4 is 22.9 Å². The standard InChI is InChI=1S/C19H16FN3O3S/c1-3-22-17(13-7-9-15(20)10-8-13)12(2)27-19(22)21-18(24)14-5-4-6-16(11-14)23(25)26/h4-11H,3H2,1-2H3. The van der Waals surface area contributed by atoms with E-state index in [0.29, 0.717) is 11.3 Å². The third-order valence-corrected chi connectivity index (χ3v) is 5.01. The molecular formula is C19H16FN3O3S. The number of halogens is 1. The molecule has 0 saturated heterocycles. The molecule has 1 aromatic heterocycles. The van der Waals surface area contributed by atoms with E-state index < -0.39 is 10.8 Å². The number of non-ortho nitro benzene ring substituents is 1. The van der Waals surface area contributed by atoms with Crippen LogP contribution in [-0.2, 0) is 6.54 Å². The molecule has 0 aliphatic rings. The number of carbonyl (C=O) groups is 1. The molecule has 0 aliphatic carbocycles. The molecule has 0 N–H and O–H groups in total. The quantitative estimate of drug-likeness (QED) is 0.495. The average molecular weight is 385 g/mol. The number of thiazole rings is 1. The molecule has 0 unspecified atom stereocenters. The summed E-state index contributed by atoms with van der Waals surface area (Å²) >= 11 is 1.35. The van der Waals surface area contributed by atoms with Gasteiger partial charge in [0.25, 0.3) is 11.6 Å². The Hall–Kier alpha value is -3.13. The minimum absolute atomic E-state index is 0.154. The summed E-state index contributed by atoms with van der Waals surface area (Å²) in [5, 5.41) is 10.9. The van der Waals surface area contributed by atoms with Crippen molar-refractivity contribution in [3.63, 3.8) is 0 Å². The first-order valence-electron chi connectivity index (χ1n) is 8.20.